The Kier molecular flexibility index (Phi) is 9.02. The highest BCUT2D eigenvalue weighted by atomic mass is 16.5. The van der Waals surface area contributed by atoms with Crippen molar-refractivity contribution in [3.8, 4) is 11.5 Å². The van der Waals surface area contributed by atoms with Crippen LogP contribution in [0.4, 0.5) is 0 Å². The van der Waals surface area contributed by atoms with E-state index < -0.39 is 35.7 Å². The Labute approximate surface area is 220 Å². The summed E-state index contributed by atoms with van der Waals surface area (Å²) in [6, 6.07) is 18.4. The molecule has 2 unspecified atom stereocenters. The van der Waals surface area contributed by atoms with Crippen LogP contribution in [-0.4, -0.2) is 34.1 Å². The molecule has 0 aromatic heterocycles. The van der Waals surface area contributed by atoms with E-state index in [0.717, 1.165) is 0 Å². The SMILES string of the molecule is CC(C)C(C(=O)O)c1ccc(OC(=O)c2ccc(C(=O)Oc3ccc(C(C(=O)O)C(C)C)cc3)cc2)cc1. The van der Waals surface area contributed by atoms with Crippen LogP contribution in [0.1, 0.15) is 71.4 Å². The van der Waals surface area contributed by atoms with Crippen molar-refractivity contribution in [1.82, 2.24) is 0 Å². The van der Waals surface area contributed by atoms with Gasteiger partial charge in [-0.1, -0.05) is 52.0 Å². The average Bonchev–Trinajstić information content (AvgIpc) is 2.85. The molecular formula is C30H30O8. The number of benzene rings is 3. The molecule has 3 aromatic carbocycles. The Balaban J connectivity index is 1.62. The number of hydrogen-bond acceptors (Lipinski definition) is 6. The molecule has 38 heavy (non-hydrogen) atoms. The average molecular weight is 519 g/mol. The largest absolute Gasteiger partial charge is 0.481 e. The van der Waals surface area contributed by atoms with Crippen molar-refractivity contribution in [2.75, 3.05) is 0 Å². The number of hydrogen-bond donors (Lipinski definition) is 2. The molecular weight excluding hydrogens is 488 g/mol. The molecule has 0 aliphatic heterocycles. The lowest BCUT2D eigenvalue weighted by molar-refractivity contribution is -0.140. The van der Waals surface area contributed by atoms with Crippen LogP contribution >= 0.6 is 0 Å². The maximum atomic E-state index is 12.5. The molecule has 0 aliphatic carbocycles. The van der Waals surface area contributed by atoms with Gasteiger partial charge < -0.3 is 19.7 Å². The van der Waals surface area contributed by atoms with Crippen molar-refractivity contribution in [1.29, 1.82) is 0 Å². The molecule has 0 aliphatic rings. The summed E-state index contributed by atoms with van der Waals surface area (Å²) in [6.07, 6.45) is 0. The van der Waals surface area contributed by atoms with Crippen LogP contribution in [0.15, 0.2) is 72.8 Å². The monoisotopic (exact) mass is 518 g/mol. The molecule has 0 amide bonds. The van der Waals surface area contributed by atoms with Gasteiger partial charge in [0, 0.05) is 0 Å². The van der Waals surface area contributed by atoms with Gasteiger partial charge >= 0.3 is 23.9 Å². The lowest BCUT2D eigenvalue weighted by Crippen LogP contribution is -2.17. The topological polar surface area (TPSA) is 127 Å². The van der Waals surface area contributed by atoms with Gasteiger partial charge in [-0.15, -0.1) is 0 Å². The number of carbonyl (C=O) groups excluding carboxylic acids is 2. The van der Waals surface area contributed by atoms with Gasteiger partial charge in [0.2, 0.25) is 0 Å². The van der Waals surface area contributed by atoms with E-state index in [-0.39, 0.29) is 34.5 Å². The summed E-state index contributed by atoms with van der Waals surface area (Å²) in [5.74, 6) is -4.09. The van der Waals surface area contributed by atoms with Gasteiger partial charge in [-0.05, 0) is 71.5 Å². The van der Waals surface area contributed by atoms with E-state index in [2.05, 4.69) is 0 Å². The Morgan fingerprint density at radius 1 is 0.526 bits per heavy atom. The van der Waals surface area contributed by atoms with Gasteiger partial charge in [0.05, 0.1) is 23.0 Å². The zero-order valence-corrected chi connectivity index (χ0v) is 21.6. The van der Waals surface area contributed by atoms with Crippen LogP contribution in [0, 0.1) is 11.8 Å². The summed E-state index contributed by atoms with van der Waals surface area (Å²) in [5, 5.41) is 18.9. The van der Waals surface area contributed by atoms with Gasteiger partial charge in [-0.2, -0.15) is 0 Å². The summed E-state index contributed by atoms with van der Waals surface area (Å²) in [4.78, 5) is 48.1. The van der Waals surface area contributed by atoms with E-state index in [4.69, 9.17) is 9.47 Å². The lowest BCUT2D eigenvalue weighted by atomic mass is 9.88. The molecule has 0 radical (unpaired) electrons. The van der Waals surface area contributed by atoms with Crippen molar-refractivity contribution < 1.29 is 38.9 Å². The normalized spacial score (nSPS) is 12.6. The number of esters is 2. The first kappa shape index (κ1) is 28.1. The fraction of sp³-hybridized carbons (Fsp3) is 0.267. The molecule has 2 N–H and O–H groups in total. The van der Waals surface area contributed by atoms with E-state index in [0.29, 0.717) is 11.1 Å². The zero-order chi connectivity index (χ0) is 28.0. The number of carboxylic acid groups (broad SMARTS) is 2. The van der Waals surface area contributed by atoms with Crippen LogP contribution in [-0.2, 0) is 9.59 Å². The van der Waals surface area contributed by atoms with E-state index in [1.54, 1.807) is 48.5 Å². The summed E-state index contributed by atoms with van der Waals surface area (Å²) in [6.45, 7) is 7.30. The van der Waals surface area contributed by atoms with Crippen molar-refractivity contribution in [2.45, 2.75) is 39.5 Å². The van der Waals surface area contributed by atoms with E-state index >= 15 is 0 Å². The molecule has 0 fully saturated rings. The van der Waals surface area contributed by atoms with E-state index in [1.165, 1.54) is 24.3 Å². The summed E-state index contributed by atoms with van der Waals surface area (Å²) < 4.78 is 10.7. The fourth-order valence-corrected chi connectivity index (χ4v) is 4.19. The predicted molar refractivity (Wildman–Crippen MR) is 140 cm³/mol. The molecule has 3 rings (SSSR count). The summed E-state index contributed by atoms with van der Waals surface area (Å²) in [5.41, 5.74) is 1.67. The predicted octanol–water partition coefficient (Wildman–Crippen LogP) is 5.77. The highest BCUT2D eigenvalue weighted by molar-refractivity contribution is 5.95. The van der Waals surface area contributed by atoms with Crippen LogP contribution < -0.4 is 9.47 Å². The molecule has 3 aromatic rings. The molecule has 8 heteroatoms. The Hall–Kier alpha value is -4.46. The minimum absolute atomic E-state index is 0.0976. The Morgan fingerprint density at radius 2 is 0.816 bits per heavy atom. The second-order valence-electron chi connectivity index (χ2n) is 9.61. The summed E-state index contributed by atoms with van der Waals surface area (Å²) >= 11 is 0. The number of carbonyl (C=O) groups is 4. The second-order valence-corrected chi connectivity index (χ2v) is 9.61. The number of ether oxygens (including phenoxy) is 2. The van der Waals surface area contributed by atoms with Crippen LogP contribution in [0.2, 0.25) is 0 Å². The highest BCUT2D eigenvalue weighted by Gasteiger charge is 2.24. The van der Waals surface area contributed by atoms with Crippen molar-refractivity contribution in [3.05, 3.63) is 95.1 Å². The first-order valence-electron chi connectivity index (χ1n) is 12.2. The quantitative estimate of drug-likeness (QED) is 0.256. The zero-order valence-electron chi connectivity index (χ0n) is 21.6. The maximum absolute atomic E-state index is 12.5. The van der Waals surface area contributed by atoms with Gasteiger partial charge in [0.15, 0.2) is 0 Å². The molecule has 0 spiro atoms. The third kappa shape index (κ3) is 6.85. The minimum Gasteiger partial charge on any atom is -0.481 e. The van der Waals surface area contributed by atoms with Gasteiger partial charge in [-0.25, -0.2) is 9.59 Å². The molecule has 0 saturated carbocycles. The Bertz CT molecular complexity index is 1190. The molecule has 198 valence electrons. The smallest absolute Gasteiger partial charge is 0.343 e. The standard InChI is InChI=1S/C30H30O8/c1-17(2)25(27(31)32)19-9-13-23(14-10-19)37-29(35)21-5-7-22(8-6-21)30(36)38-24-15-11-20(12-16-24)26(18(3)4)28(33)34/h5-18,25-26H,1-4H3,(H,31,32)(H,33,34). The molecule has 0 bridgehead atoms. The van der Waals surface area contributed by atoms with E-state index in [1.807, 2.05) is 27.7 Å². The highest BCUT2D eigenvalue weighted by Crippen LogP contribution is 2.28. The molecule has 8 nitrogen and oxygen atoms in total. The molecule has 0 saturated heterocycles. The van der Waals surface area contributed by atoms with Crippen molar-refractivity contribution >= 4 is 23.9 Å². The van der Waals surface area contributed by atoms with Crippen molar-refractivity contribution in [2.24, 2.45) is 11.8 Å². The van der Waals surface area contributed by atoms with Crippen LogP contribution in [0.3, 0.4) is 0 Å². The van der Waals surface area contributed by atoms with Crippen LogP contribution in [0.25, 0.3) is 0 Å². The van der Waals surface area contributed by atoms with Gasteiger partial charge in [-0.3, -0.25) is 9.59 Å². The van der Waals surface area contributed by atoms with Crippen LogP contribution in [0.5, 0.6) is 11.5 Å². The maximum Gasteiger partial charge on any atom is 0.343 e. The Morgan fingerprint density at radius 3 is 1.05 bits per heavy atom. The number of carboxylic acids is 2. The first-order valence-corrected chi connectivity index (χ1v) is 12.2. The van der Waals surface area contributed by atoms with Gasteiger partial charge in [0.1, 0.15) is 11.5 Å². The van der Waals surface area contributed by atoms with Gasteiger partial charge in [0.25, 0.3) is 0 Å². The molecule has 0 heterocycles. The lowest BCUT2D eigenvalue weighted by Gasteiger charge is -2.17. The van der Waals surface area contributed by atoms with E-state index in [9.17, 15) is 29.4 Å². The first-order chi connectivity index (χ1) is 18.0. The fourth-order valence-electron chi connectivity index (χ4n) is 4.19. The third-order valence-electron chi connectivity index (χ3n) is 6.12. The second kappa shape index (κ2) is 12.2. The summed E-state index contributed by atoms with van der Waals surface area (Å²) in [7, 11) is 0. The number of aliphatic carboxylic acids is 2. The minimum atomic E-state index is -0.918. The third-order valence-corrected chi connectivity index (χ3v) is 6.12. The number of rotatable bonds is 10. The van der Waals surface area contributed by atoms with Crippen molar-refractivity contribution in [3.63, 3.8) is 0 Å². The molecule has 2 atom stereocenters.